The second kappa shape index (κ2) is 7.32. The van der Waals surface area contributed by atoms with E-state index in [-0.39, 0.29) is 13.2 Å². The lowest BCUT2D eigenvalue weighted by molar-refractivity contribution is -0.267. The quantitative estimate of drug-likeness (QED) is 0.808. The Morgan fingerprint density at radius 2 is 1.70 bits per heavy atom. The molecule has 0 saturated carbocycles. The normalized spacial score (nSPS) is 13.8. The number of rotatable bonds is 5. The van der Waals surface area contributed by atoms with Crippen LogP contribution in [0.2, 0.25) is 0 Å². The summed E-state index contributed by atoms with van der Waals surface area (Å²) in [6.07, 6.45) is -6.38. The molecule has 0 radical (unpaired) electrons. The number of ether oxygens (including phenoxy) is 2. The minimum absolute atomic E-state index is 0.00455. The van der Waals surface area contributed by atoms with Gasteiger partial charge in [0.15, 0.2) is 0 Å². The summed E-state index contributed by atoms with van der Waals surface area (Å²) in [6.45, 7) is 2.45. The van der Waals surface area contributed by atoms with Crippen molar-refractivity contribution in [3.8, 4) is 0 Å². The lowest BCUT2D eigenvalue weighted by Crippen LogP contribution is -2.50. The second-order valence-corrected chi connectivity index (χ2v) is 4.32. The number of carbonyl (C=O) groups excluding carboxylic acids is 2. The molecule has 23 heavy (non-hydrogen) atoms. The maximum absolute atomic E-state index is 13.3. The molecule has 1 aromatic rings. The molecule has 0 aliphatic heterocycles. The number of hydrogen-bond donors (Lipinski definition) is 2. The van der Waals surface area contributed by atoms with Crippen molar-refractivity contribution in [2.24, 2.45) is 0 Å². The Kier molecular flexibility index (Phi) is 5.97. The molecule has 1 amide bonds. The summed E-state index contributed by atoms with van der Waals surface area (Å²) in [6, 6.07) is 4.47. The van der Waals surface area contributed by atoms with Gasteiger partial charge in [0, 0.05) is 5.56 Å². The lowest BCUT2D eigenvalue weighted by Gasteiger charge is -2.30. The van der Waals surface area contributed by atoms with Gasteiger partial charge in [-0.1, -0.05) is 18.2 Å². The molecule has 1 rings (SSSR count). The number of halogens is 3. The molecule has 0 aliphatic rings. The van der Waals surface area contributed by atoms with Crippen LogP contribution >= 0.6 is 0 Å². The number of hydrogen-bond acceptors (Lipinski definition) is 5. The van der Waals surface area contributed by atoms with Crippen molar-refractivity contribution in [2.45, 2.75) is 25.6 Å². The Balaban J connectivity index is 3.38. The van der Waals surface area contributed by atoms with E-state index in [1.165, 1.54) is 26.0 Å². The van der Waals surface area contributed by atoms with Crippen LogP contribution in [0.15, 0.2) is 24.3 Å². The van der Waals surface area contributed by atoms with Gasteiger partial charge in [0.1, 0.15) is 0 Å². The summed E-state index contributed by atoms with van der Waals surface area (Å²) in [7, 11) is 0. The van der Waals surface area contributed by atoms with E-state index in [1.54, 1.807) is 0 Å². The van der Waals surface area contributed by atoms with Crippen LogP contribution in [0, 0.1) is 0 Å². The molecule has 1 atom stereocenters. The summed E-state index contributed by atoms with van der Waals surface area (Å²) in [5.41, 5.74) is -5.20. The van der Waals surface area contributed by atoms with E-state index in [9.17, 15) is 27.9 Å². The van der Waals surface area contributed by atoms with Crippen molar-refractivity contribution in [2.75, 3.05) is 18.5 Å². The van der Waals surface area contributed by atoms with Crippen molar-refractivity contribution in [1.29, 1.82) is 0 Å². The molecule has 1 aromatic carbocycles. The zero-order valence-electron chi connectivity index (χ0n) is 12.4. The number of nitrogens with one attached hydrogen (secondary N) is 1. The SMILES string of the molecule is CCOC(=O)Nc1ccccc1C(O)(C(=O)OCC)C(F)(F)F. The highest BCUT2D eigenvalue weighted by atomic mass is 19.4. The molecule has 6 nitrogen and oxygen atoms in total. The number of benzene rings is 1. The van der Waals surface area contributed by atoms with Crippen LogP contribution in [-0.2, 0) is 19.9 Å². The van der Waals surface area contributed by atoms with Crippen LogP contribution in [0.25, 0.3) is 0 Å². The molecule has 0 aromatic heterocycles. The summed E-state index contributed by atoms with van der Waals surface area (Å²) in [5, 5.41) is 12.1. The first-order valence-corrected chi connectivity index (χ1v) is 6.68. The third kappa shape index (κ3) is 3.92. The zero-order chi connectivity index (χ0) is 17.7. The Labute approximate surface area is 130 Å². The molecule has 9 heteroatoms. The topological polar surface area (TPSA) is 84.9 Å². The van der Waals surface area contributed by atoms with Crippen molar-refractivity contribution in [3.63, 3.8) is 0 Å². The maximum Gasteiger partial charge on any atom is 0.432 e. The largest absolute Gasteiger partial charge is 0.463 e. The minimum atomic E-state index is -5.36. The maximum atomic E-state index is 13.3. The van der Waals surface area contributed by atoms with E-state index >= 15 is 0 Å². The third-order valence-electron chi connectivity index (χ3n) is 2.81. The summed E-state index contributed by atoms with van der Waals surface area (Å²) < 4.78 is 48.9. The van der Waals surface area contributed by atoms with Gasteiger partial charge in [0.25, 0.3) is 5.60 Å². The van der Waals surface area contributed by atoms with Crippen molar-refractivity contribution in [3.05, 3.63) is 29.8 Å². The number of esters is 1. The average molecular weight is 335 g/mol. The van der Waals surface area contributed by atoms with Gasteiger partial charge in [-0.05, 0) is 19.9 Å². The number of amides is 1. The Morgan fingerprint density at radius 1 is 1.13 bits per heavy atom. The zero-order valence-corrected chi connectivity index (χ0v) is 12.4. The molecule has 1 unspecified atom stereocenters. The van der Waals surface area contributed by atoms with Crippen LogP contribution in [0.5, 0.6) is 0 Å². The van der Waals surface area contributed by atoms with E-state index < -0.39 is 35.1 Å². The predicted octanol–water partition coefficient (Wildman–Crippen LogP) is 2.57. The van der Waals surface area contributed by atoms with Gasteiger partial charge in [-0.15, -0.1) is 0 Å². The van der Waals surface area contributed by atoms with Crippen LogP contribution in [-0.4, -0.2) is 36.6 Å². The number of carbonyl (C=O) groups is 2. The second-order valence-electron chi connectivity index (χ2n) is 4.32. The van der Waals surface area contributed by atoms with Crippen molar-refractivity contribution in [1.82, 2.24) is 0 Å². The monoisotopic (exact) mass is 335 g/mol. The van der Waals surface area contributed by atoms with E-state index in [1.807, 2.05) is 0 Å². The van der Waals surface area contributed by atoms with Gasteiger partial charge in [0.2, 0.25) is 0 Å². The standard InChI is InChI=1S/C14H16F3NO5/c1-3-22-11(19)13(21,14(15,16)17)9-7-5-6-8-10(9)18-12(20)23-4-2/h5-8,21H,3-4H2,1-2H3,(H,18,20). The average Bonchev–Trinajstić information content (AvgIpc) is 2.46. The van der Waals surface area contributed by atoms with Gasteiger partial charge < -0.3 is 14.6 Å². The molecule has 128 valence electrons. The molecule has 0 fully saturated rings. The minimum Gasteiger partial charge on any atom is -0.463 e. The number of para-hydroxylation sites is 1. The molecular formula is C14H16F3NO5. The first kappa shape index (κ1) is 18.8. The van der Waals surface area contributed by atoms with Gasteiger partial charge in [0.05, 0.1) is 18.9 Å². The molecule has 0 saturated heterocycles. The smallest absolute Gasteiger partial charge is 0.432 e. The number of anilines is 1. The molecule has 0 aliphatic carbocycles. The predicted molar refractivity (Wildman–Crippen MR) is 73.7 cm³/mol. The van der Waals surface area contributed by atoms with Gasteiger partial charge in [-0.25, -0.2) is 9.59 Å². The molecule has 2 N–H and O–H groups in total. The first-order valence-electron chi connectivity index (χ1n) is 6.68. The highest BCUT2D eigenvalue weighted by Crippen LogP contribution is 2.42. The molecule has 0 bridgehead atoms. The van der Waals surface area contributed by atoms with Crippen LogP contribution in [0.3, 0.4) is 0 Å². The van der Waals surface area contributed by atoms with E-state index in [0.717, 1.165) is 12.1 Å². The van der Waals surface area contributed by atoms with Gasteiger partial charge >= 0.3 is 18.2 Å². The van der Waals surface area contributed by atoms with Gasteiger partial charge in [-0.3, -0.25) is 5.32 Å². The lowest BCUT2D eigenvalue weighted by atomic mass is 9.91. The van der Waals surface area contributed by atoms with Gasteiger partial charge in [-0.2, -0.15) is 13.2 Å². The van der Waals surface area contributed by atoms with E-state index in [0.29, 0.717) is 0 Å². The fourth-order valence-electron chi connectivity index (χ4n) is 1.80. The highest BCUT2D eigenvalue weighted by molar-refractivity contribution is 5.90. The Hall–Kier alpha value is -2.29. The van der Waals surface area contributed by atoms with E-state index in [4.69, 9.17) is 0 Å². The fourth-order valence-corrected chi connectivity index (χ4v) is 1.80. The number of alkyl halides is 3. The van der Waals surface area contributed by atoms with Crippen LogP contribution in [0.4, 0.5) is 23.7 Å². The van der Waals surface area contributed by atoms with Crippen LogP contribution in [0.1, 0.15) is 19.4 Å². The van der Waals surface area contributed by atoms with Crippen LogP contribution < -0.4 is 5.32 Å². The highest BCUT2D eigenvalue weighted by Gasteiger charge is 2.63. The third-order valence-corrected chi connectivity index (χ3v) is 2.81. The summed E-state index contributed by atoms with van der Waals surface area (Å²) in [4.78, 5) is 23.2. The molecular weight excluding hydrogens is 319 g/mol. The molecule has 0 spiro atoms. The van der Waals surface area contributed by atoms with Crippen molar-refractivity contribution >= 4 is 17.7 Å². The van der Waals surface area contributed by atoms with E-state index in [2.05, 4.69) is 14.8 Å². The Bertz CT molecular complexity index is 576. The summed E-state index contributed by atoms with van der Waals surface area (Å²) in [5.74, 6) is -1.88. The fraction of sp³-hybridized carbons (Fsp3) is 0.429. The number of aliphatic hydroxyl groups is 1. The van der Waals surface area contributed by atoms with Crippen molar-refractivity contribution < 1.29 is 37.3 Å². The Morgan fingerprint density at radius 3 is 2.22 bits per heavy atom. The first-order chi connectivity index (χ1) is 10.7. The molecule has 0 heterocycles. The summed E-state index contributed by atoms with van der Waals surface area (Å²) >= 11 is 0.